The molecular formula is C23H23F2N3O. The lowest BCUT2D eigenvalue weighted by atomic mass is 9.78. The van der Waals surface area contributed by atoms with Crippen LogP contribution in [0.5, 0.6) is 0 Å². The van der Waals surface area contributed by atoms with E-state index >= 15 is 0 Å². The minimum atomic E-state index is -3.01. The summed E-state index contributed by atoms with van der Waals surface area (Å²) in [6, 6.07) is 12.7. The van der Waals surface area contributed by atoms with E-state index < -0.39 is 11.3 Å². The summed E-state index contributed by atoms with van der Waals surface area (Å²) in [5, 5.41) is 10.8. The summed E-state index contributed by atoms with van der Waals surface area (Å²) < 4.78 is 27.1. The molecule has 0 saturated carbocycles. The number of benzene rings is 1. The Hall–Kier alpha value is -3.07. The fraction of sp³-hybridized carbons (Fsp3) is 0.348. The third-order valence-electron chi connectivity index (χ3n) is 5.38. The van der Waals surface area contributed by atoms with Crippen LogP contribution in [0, 0.1) is 18.3 Å². The van der Waals surface area contributed by atoms with Crippen molar-refractivity contribution in [3.8, 4) is 6.07 Å². The van der Waals surface area contributed by atoms with Crippen molar-refractivity contribution in [1.82, 2.24) is 9.97 Å². The Bertz CT molecular complexity index is 1170. The molecule has 0 spiro atoms. The van der Waals surface area contributed by atoms with E-state index in [4.69, 9.17) is 0 Å². The predicted octanol–water partition coefficient (Wildman–Crippen LogP) is 4.93. The SMILES string of the molecule is CCc1cc2ccc(C(C)(C#N)Cc3ccc(C(C)(F)F)nc3C)cc2[nH]c1=O. The Labute approximate surface area is 168 Å². The number of aromatic amines is 1. The molecule has 2 aromatic heterocycles. The van der Waals surface area contributed by atoms with Gasteiger partial charge in [0, 0.05) is 23.7 Å². The summed E-state index contributed by atoms with van der Waals surface area (Å²) >= 11 is 0. The van der Waals surface area contributed by atoms with Crippen LogP contribution in [0.25, 0.3) is 10.9 Å². The fourth-order valence-electron chi connectivity index (χ4n) is 3.46. The summed E-state index contributed by atoms with van der Waals surface area (Å²) in [6.45, 7) is 6.21. The van der Waals surface area contributed by atoms with Gasteiger partial charge < -0.3 is 4.98 Å². The second-order valence-corrected chi connectivity index (χ2v) is 7.73. The molecule has 0 fully saturated rings. The highest BCUT2D eigenvalue weighted by Gasteiger charge is 2.30. The second-order valence-electron chi connectivity index (χ2n) is 7.73. The van der Waals surface area contributed by atoms with Crippen LogP contribution in [0.3, 0.4) is 0 Å². The minimum absolute atomic E-state index is 0.132. The van der Waals surface area contributed by atoms with Gasteiger partial charge in [0.2, 0.25) is 0 Å². The van der Waals surface area contributed by atoms with Crippen molar-refractivity contribution in [2.45, 2.75) is 51.9 Å². The van der Waals surface area contributed by atoms with Crippen LogP contribution in [0.4, 0.5) is 8.78 Å². The van der Waals surface area contributed by atoms with Gasteiger partial charge in [-0.2, -0.15) is 14.0 Å². The van der Waals surface area contributed by atoms with Crippen LogP contribution >= 0.6 is 0 Å². The summed E-state index contributed by atoms with van der Waals surface area (Å²) in [7, 11) is 0. The average molecular weight is 395 g/mol. The fourth-order valence-corrected chi connectivity index (χ4v) is 3.46. The first-order valence-electron chi connectivity index (χ1n) is 9.50. The van der Waals surface area contributed by atoms with Crippen LogP contribution in [0.15, 0.2) is 41.2 Å². The van der Waals surface area contributed by atoms with Gasteiger partial charge in [0.25, 0.3) is 11.5 Å². The first-order chi connectivity index (χ1) is 13.6. The number of hydrogen-bond donors (Lipinski definition) is 1. The summed E-state index contributed by atoms with van der Waals surface area (Å²) in [4.78, 5) is 19.1. The van der Waals surface area contributed by atoms with E-state index in [1.165, 1.54) is 6.07 Å². The highest BCUT2D eigenvalue weighted by molar-refractivity contribution is 5.80. The average Bonchev–Trinajstić information content (AvgIpc) is 2.67. The number of aromatic nitrogens is 2. The molecule has 1 N–H and O–H groups in total. The monoisotopic (exact) mass is 395 g/mol. The smallest absolute Gasteiger partial charge is 0.286 e. The number of H-pyrrole nitrogens is 1. The van der Waals surface area contributed by atoms with E-state index in [0.29, 0.717) is 29.6 Å². The van der Waals surface area contributed by atoms with Crippen molar-refractivity contribution in [3.63, 3.8) is 0 Å². The summed E-state index contributed by atoms with van der Waals surface area (Å²) in [6.07, 6.45) is 0.961. The van der Waals surface area contributed by atoms with Crippen molar-refractivity contribution in [3.05, 3.63) is 74.8 Å². The molecular weight excluding hydrogens is 372 g/mol. The number of rotatable bonds is 5. The van der Waals surface area contributed by atoms with E-state index in [9.17, 15) is 18.8 Å². The number of nitrogens with zero attached hydrogens (tertiary/aromatic N) is 2. The molecule has 3 rings (SSSR count). The van der Waals surface area contributed by atoms with Gasteiger partial charge in [-0.3, -0.25) is 9.78 Å². The third kappa shape index (κ3) is 4.04. The third-order valence-corrected chi connectivity index (χ3v) is 5.38. The van der Waals surface area contributed by atoms with E-state index in [-0.39, 0.29) is 11.3 Å². The standard InChI is InChI=1S/C23H23F2N3O/c1-5-15-10-16-6-8-18(11-19(16)28-21(15)29)22(3,13-26)12-17-7-9-20(23(4,24)25)27-14(17)2/h6-11H,5,12H2,1-4H3,(H,28,29). The molecule has 1 aromatic carbocycles. The Morgan fingerprint density at radius 3 is 2.45 bits per heavy atom. The highest BCUT2D eigenvalue weighted by atomic mass is 19.3. The molecule has 1 unspecified atom stereocenters. The largest absolute Gasteiger partial charge is 0.322 e. The molecule has 6 heteroatoms. The van der Waals surface area contributed by atoms with Crippen LogP contribution in [0.2, 0.25) is 0 Å². The van der Waals surface area contributed by atoms with Crippen molar-refractivity contribution in [2.24, 2.45) is 0 Å². The first kappa shape index (κ1) is 20.7. The predicted molar refractivity (Wildman–Crippen MR) is 109 cm³/mol. The lowest BCUT2D eigenvalue weighted by molar-refractivity contribution is 0.0126. The number of fused-ring (bicyclic) bond motifs is 1. The molecule has 4 nitrogen and oxygen atoms in total. The van der Waals surface area contributed by atoms with Gasteiger partial charge in [0.15, 0.2) is 0 Å². The van der Waals surface area contributed by atoms with Gasteiger partial charge in [0.1, 0.15) is 5.69 Å². The van der Waals surface area contributed by atoms with E-state index in [1.54, 1.807) is 19.9 Å². The first-order valence-corrected chi connectivity index (χ1v) is 9.50. The minimum Gasteiger partial charge on any atom is -0.322 e. The van der Waals surface area contributed by atoms with Gasteiger partial charge in [0.05, 0.1) is 11.5 Å². The molecule has 0 aliphatic carbocycles. The number of halogens is 2. The van der Waals surface area contributed by atoms with Crippen LogP contribution in [-0.2, 0) is 24.2 Å². The molecule has 0 radical (unpaired) electrons. The zero-order valence-electron chi connectivity index (χ0n) is 16.9. The van der Waals surface area contributed by atoms with Gasteiger partial charge in [-0.25, -0.2) is 0 Å². The van der Waals surface area contributed by atoms with Crippen molar-refractivity contribution in [2.75, 3.05) is 0 Å². The number of alkyl halides is 2. The maximum absolute atomic E-state index is 13.5. The molecule has 150 valence electrons. The normalized spacial score (nSPS) is 13.8. The van der Waals surface area contributed by atoms with Crippen molar-refractivity contribution >= 4 is 10.9 Å². The highest BCUT2D eigenvalue weighted by Crippen LogP contribution is 2.32. The Kier molecular flexibility index (Phi) is 5.27. The Morgan fingerprint density at radius 2 is 1.86 bits per heavy atom. The zero-order chi connectivity index (χ0) is 21.4. The molecule has 0 saturated heterocycles. The van der Waals surface area contributed by atoms with Crippen LogP contribution < -0.4 is 5.56 Å². The molecule has 1 atom stereocenters. The van der Waals surface area contributed by atoms with Crippen LogP contribution in [0.1, 0.15) is 48.8 Å². The van der Waals surface area contributed by atoms with E-state index in [1.807, 2.05) is 31.2 Å². The van der Waals surface area contributed by atoms with Gasteiger partial charge >= 0.3 is 0 Å². The number of pyridine rings is 2. The zero-order valence-corrected chi connectivity index (χ0v) is 16.9. The number of hydrogen-bond acceptors (Lipinski definition) is 3. The van der Waals surface area contributed by atoms with Crippen molar-refractivity contribution in [1.29, 1.82) is 5.26 Å². The Balaban J connectivity index is 2.02. The van der Waals surface area contributed by atoms with Gasteiger partial charge in [-0.1, -0.05) is 25.1 Å². The summed E-state index contributed by atoms with van der Waals surface area (Å²) in [5.74, 6) is -3.01. The van der Waals surface area contributed by atoms with Gasteiger partial charge in [-0.05, 0) is 61.4 Å². The number of nitriles is 1. The molecule has 0 aliphatic heterocycles. The molecule has 0 bridgehead atoms. The van der Waals surface area contributed by atoms with Gasteiger partial charge in [-0.15, -0.1) is 0 Å². The quantitative estimate of drug-likeness (QED) is 0.666. The van der Waals surface area contributed by atoms with E-state index in [0.717, 1.165) is 23.4 Å². The lowest BCUT2D eigenvalue weighted by Gasteiger charge is -2.24. The molecule has 29 heavy (non-hydrogen) atoms. The summed E-state index contributed by atoms with van der Waals surface area (Å²) in [5.41, 5.74) is 2.02. The molecule has 3 aromatic rings. The van der Waals surface area contributed by atoms with Crippen molar-refractivity contribution < 1.29 is 8.78 Å². The number of aryl methyl sites for hydroxylation is 2. The number of nitrogens with one attached hydrogen (secondary N) is 1. The van der Waals surface area contributed by atoms with Crippen LogP contribution in [-0.4, -0.2) is 9.97 Å². The lowest BCUT2D eigenvalue weighted by Crippen LogP contribution is -2.24. The molecule has 0 aliphatic rings. The maximum Gasteiger partial charge on any atom is 0.286 e. The molecule has 0 amide bonds. The maximum atomic E-state index is 13.5. The van der Waals surface area contributed by atoms with E-state index in [2.05, 4.69) is 16.0 Å². The molecule has 2 heterocycles. The topological polar surface area (TPSA) is 69.5 Å². The second kappa shape index (κ2) is 7.40. The Morgan fingerprint density at radius 1 is 1.14 bits per heavy atom.